The molecule has 0 aromatic heterocycles. The third-order valence-electron chi connectivity index (χ3n) is 4.22. The molecule has 3 amide bonds. The summed E-state index contributed by atoms with van der Waals surface area (Å²) in [6.45, 7) is 1.64. The molecule has 0 aromatic rings. The molecule has 1 rings (SSSR count). The summed E-state index contributed by atoms with van der Waals surface area (Å²) in [5, 5.41) is 13.6. The summed E-state index contributed by atoms with van der Waals surface area (Å²) in [5.74, 6) is -2.75. The van der Waals surface area contributed by atoms with Gasteiger partial charge >= 0.3 is 5.97 Å². The highest BCUT2D eigenvalue weighted by molar-refractivity contribution is 5.93. The molecular formula is C16H29N7O5. The smallest absolute Gasteiger partial charge is 0.322 e. The van der Waals surface area contributed by atoms with Crippen LogP contribution in [0.25, 0.3) is 0 Å². The van der Waals surface area contributed by atoms with Crippen molar-refractivity contribution in [2.24, 2.45) is 22.2 Å². The average molecular weight is 399 g/mol. The minimum absolute atomic E-state index is 0.0908. The van der Waals surface area contributed by atoms with Crippen molar-refractivity contribution in [1.29, 1.82) is 0 Å². The van der Waals surface area contributed by atoms with E-state index in [0.29, 0.717) is 25.8 Å². The number of carbonyl (C=O) groups excluding carboxylic acids is 3. The molecule has 1 saturated heterocycles. The van der Waals surface area contributed by atoms with Gasteiger partial charge in [0.2, 0.25) is 17.7 Å². The molecule has 0 spiro atoms. The topological polar surface area (TPSA) is 206 Å². The van der Waals surface area contributed by atoms with Crippen LogP contribution in [0, 0.1) is 0 Å². The fourth-order valence-electron chi connectivity index (χ4n) is 2.89. The van der Waals surface area contributed by atoms with Gasteiger partial charge in [-0.05, 0) is 32.6 Å². The second-order valence-corrected chi connectivity index (χ2v) is 6.60. The molecule has 1 heterocycles. The highest BCUT2D eigenvalue weighted by Crippen LogP contribution is 2.18. The minimum atomic E-state index is -1.21. The Kier molecular flexibility index (Phi) is 9.15. The number of nitrogens with zero attached hydrogens (tertiary/aromatic N) is 2. The lowest BCUT2D eigenvalue weighted by molar-refractivity contribution is -0.141. The van der Waals surface area contributed by atoms with Crippen LogP contribution in [0.5, 0.6) is 0 Å². The summed E-state index contributed by atoms with van der Waals surface area (Å²) in [4.78, 5) is 53.0. The summed E-state index contributed by atoms with van der Waals surface area (Å²) in [5.41, 5.74) is 16.1. The van der Waals surface area contributed by atoms with Crippen LogP contribution in [-0.2, 0) is 19.2 Å². The van der Waals surface area contributed by atoms with E-state index in [1.807, 2.05) is 0 Å². The molecule has 28 heavy (non-hydrogen) atoms. The number of hydrogen-bond donors (Lipinski definition) is 6. The van der Waals surface area contributed by atoms with E-state index in [-0.39, 0.29) is 24.8 Å². The van der Waals surface area contributed by atoms with Gasteiger partial charge in [0, 0.05) is 13.1 Å². The molecule has 3 atom stereocenters. The Balaban J connectivity index is 2.77. The predicted molar refractivity (Wildman–Crippen MR) is 101 cm³/mol. The highest BCUT2D eigenvalue weighted by atomic mass is 16.4. The standard InChI is InChI=1S/C16H29N7O5/c1-9(17)15(28)23-7-3-5-11(23)14(27)22-10(4-2-6-20-16(18)19)13(26)21-8-12(24)25/h9-11H,2-8,17H2,1H3,(H,21,26)(H,22,27)(H,24,25)(H4,18,19,20)/t9-,10-,11-/m0/s1. The van der Waals surface area contributed by atoms with Crippen LogP contribution >= 0.6 is 0 Å². The number of aliphatic carboxylic acids is 1. The van der Waals surface area contributed by atoms with Crippen LogP contribution in [0.3, 0.4) is 0 Å². The monoisotopic (exact) mass is 399 g/mol. The van der Waals surface area contributed by atoms with E-state index in [2.05, 4.69) is 15.6 Å². The zero-order valence-electron chi connectivity index (χ0n) is 15.9. The SMILES string of the molecule is C[C@H](N)C(=O)N1CCC[C@H]1C(=O)N[C@@H](CCCN=C(N)N)C(=O)NCC(=O)O. The van der Waals surface area contributed by atoms with E-state index in [1.54, 1.807) is 6.92 Å². The van der Waals surface area contributed by atoms with Gasteiger partial charge in [0.05, 0.1) is 6.04 Å². The maximum Gasteiger partial charge on any atom is 0.322 e. The van der Waals surface area contributed by atoms with Gasteiger partial charge in [0.1, 0.15) is 18.6 Å². The van der Waals surface area contributed by atoms with Gasteiger partial charge in [-0.2, -0.15) is 0 Å². The molecule has 0 bridgehead atoms. The zero-order chi connectivity index (χ0) is 21.3. The summed E-state index contributed by atoms with van der Waals surface area (Å²) in [6, 6.07) is -2.43. The Morgan fingerprint density at radius 2 is 1.96 bits per heavy atom. The Morgan fingerprint density at radius 3 is 2.54 bits per heavy atom. The van der Waals surface area contributed by atoms with E-state index in [0.717, 1.165) is 0 Å². The van der Waals surface area contributed by atoms with E-state index in [1.165, 1.54) is 4.90 Å². The second-order valence-electron chi connectivity index (χ2n) is 6.60. The lowest BCUT2D eigenvalue weighted by atomic mass is 10.1. The Labute approximate surface area is 162 Å². The van der Waals surface area contributed by atoms with Crippen LogP contribution in [0.4, 0.5) is 0 Å². The quantitative estimate of drug-likeness (QED) is 0.127. The summed E-state index contributed by atoms with van der Waals surface area (Å²) < 4.78 is 0. The molecule has 0 unspecified atom stereocenters. The van der Waals surface area contributed by atoms with Gasteiger partial charge < -0.3 is 37.8 Å². The molecule has 0 aliphatic carbocycles. The molecule has 12 heteroatoms. The molecule has 158 valence electrons. The first-order chi connectivity index (χ1) is 13.1. The van der Waals surface area contributed by atoms with Crippen molar-refractivity contribution in [2.45, 2.75) is 50.7 Å². The lowest BCUT2D eigenvalue weighted by Gasteiger charge is -2.27. The van der Waals surface area contributed by atoms with Crippen molar-refractivity contribution in [3.05, 3.63) is 0 Å². The average Bonchev–Trinajstić information content (AvgIpc) is 3.10. The molecule has 1 fully saturated rings. The number of nitrogens with one attached hydrogen (secondary N) is 2. The van der Waals surface area contributed by atoms with E-state index in [9.17, 15) is 19.2 Å². The number of amides is 3. The van der Waals surface area contributed by atoms with Crippen molar-refractivity contribution >= 4 is 29.7 Å². The molecular weight excluding hydrogens is 370 g/mol. The van der Waals surface area contributed by atoms with Gasteiger partial charge in [-0.1, -0.05) is 0 Å². The van der Waals surface area contributed by atoms with Crippen molar-refractivity contribution in [3.8, 4) is 0 Å². The number of aliphatic imine (C=N–C) groups is 1. The summed E-state index contributed by atoms with van der Waals surface area (Å²) in [7, 11) is 0. The highest BCUT2D eigenvalue weighted by Gasteiger charge is 2.36. The first kappa shape index (κ1) is 23.1. The number of likely N-dealkylation sites (tertiary alicyclic amines) is 1. The normalized spacial score (nSPS) is 18.1. The number of carboxylic acid groups (broad SMARTS) is 1. The van der Waals surface area contributed by atoms with Crippen molar-refractivity contribution in [2.75, 3.05) is 19.6 Å². The molecule has 0 aromatic carbocycles. The maximum absolute atomic E-state index is 12.7. The van der Waals surface area contributed by atoms with Gasteiger partial charge in [0.15, 0.2) is 5.96 Å². The third kappa shape index (κ3) is 7.39. The Hall–Kier alpha value is -2.89. The Bertz CT molecular complexity index is 619. The van der Waals surface area contributed by atoms with Crippen LogP contribution in [0.2, 0.25) is 0 Å². The van der Waals surface area contributed by atoms with Crippen LogP contribution in [-0.4, -0.2) is 77.4 Å². The van der Waals surface area contributed by atoms with Gasteiger partial charge in [-0.15, -0.1) is 0 Å². The van der Waals surface area contributed by atoms with Gasteiger partial charge in [-0.3, -0.25) is 24.2 Å². The van der Waals surface area contributed by atoms with Crippen molar-refractivity contribution in [1.82, 2.24) is 15.5 Å². The molecule has 9 N–H and O–H groups in total. The van der Waals surface area contributed by atoms with Crippen LogP contribution in [0.15, 0.2) is 4.99 Å². The van der Waals surface area contributed by atoms with Gasteiger partial charge in [0.25, 0.3) is 0 Å². The number of nitrogens with two attached hydrogens (primary N) is 3. The number of guanidine groups is 1. The minimum Gasteiger partial charge on any atom is -0.480 e. The molecule has 0 saturated carbocycles. The fourth-order valence-corrected chi connectivity index (χ4v) is 2.89. The molecule has 12 nitrogen and oxygen atoms in total. The number of hydrogen-bond acceptors (Lipinski definition) is 6. The van der Waals surface area contributed by atoms with E-state index >= 15 is 0 Å². The lowest BCUT2D eigenvalue weighted by Crippen LogP contribution is -2.55. The van der Waals surface area contributed by atoms with Gasteiger partial charge in [-0.25, -0.2) is 0 Å². The van der Waals surface area contributed by atoms with Crippen molar-refractivity contribution < 1.29 is 24.3 Å². The third-order valence-corrected chi connectivity index (χ3v) is 4.22. The second kappa shape index (κ2) is 11.1. The summed E-state index contributed by atoms with van der Waals surface area (Å²) >= 11 is 0. The summed E-state index contributed by atoms with van der Waals surface area (Å²) in [6.07, 6.45) is 1.69. The van der Waals surface area contributed by atoms with E-state index < -0.39 is 42.5 Å². The fraction of sp³-hybridized carbons (Fsp3) is 0.688. The maximum atomic E-state index is 12.7. The first-order valence-corrected chi connectivity index (χ1v) is 9.04. The predicted octanol–water partition coefficient (Wildman–Crippen LogP) is -2.94. The molecule has 0 radical (unpaired) electrons. The number of carbonyl (C=O) groups is 4. The Morgan fingerprint density at radius 1 is 1.29 bits per heavy atom. The van der Waals surface area contributed by atoms with Crippen LogP contribution in [0.1, 0.15) is 32.6 Å². The molecule has 1 aliphatic rings. The van der Waals surface area contributed by atoms with E-state index in [4.69, 9.17) is 22.3 Å². The number of rotatable bonds is 10. The first-order valence-electron chi connectivity index (χ1n) is 9.04. The largest absolute Gasteiger partial charge is 0.480 e. The zero-order valence-corrected chi connectivity index (χ0v) is 15.9. The van der Waals surface area contributed by atoms with Crippen molar-refractivity contribution in [3.63, 3.8) is 0 Å². The molecule has 1 aliphatic heterocycles. The van der Waals surface area contributed by atoms with Crippen LogP contribution < -0.4 is 27.8 Å². The number of carboxylic acids is 1.